The fraction of sp³-hybridized carbons (Fsp3) is 0.533. The molecule has 1 heterocycles. The van der Waals surface area contributed by atoms with Crippen molar-refractivity contribution in [1.82, 2.24) is 15.0 Å². The molecule has 0 spiro atoms. The molecule has 0 saturated heterocycles. The van der Waals surface area contributed by atoms with Crippen LogP contribution in [0.25, 0.3) is 11.0 Å². The number of carboxylic acids is 1. The Balaban J connectivity index is 2.14. The van der Waals surface area contributed by atoms with Gasteiger partial charge in [0.2, 0.25) is 0 Å². The van der Waals surface area contributed by atoms with E-state index >= 15 is 0 Å². The second kappa shape index (κ2) is 4.89. The van der Waals surface area contributed by atoms with Gasteiger partial charge in [0.15, 0.2) is 0 Å². The number of para-hydroxylation sites is 1. The molecule has 1 aromatic heterocycles. The lowest BCUT2D eigenvalue weighted by molar-refractivity contribution is 0.0698. The number of fused-ring (bicyclic) bond motifs is 1. The smallest absolute Gasteiger partial charge is 0.337 e. The molecule has 3 unspecified atom stereocenters. The first-order valence-electron chi connectivity index (χ1n) is 7.17. The number of carboxylic acid groups (broad SMARTS) is 1. The molecule has 2 aromatic rings. The van der Waals surface area contributed by atoms with Gasteiger partial charge in [-0.1, -0.05) is 38.0 Å². The van der Waals surface area contributed by atoms with Crippen LogP contribution in [0.2, 0.25) is 0 Å². The van der Waals surface area contributed by atoms with Gasteiger partial charge in [-0.25, -0.2) is 9.48 Å². The van der Waals surface area contributed by atoms with Gasteiger partial charge >= 0.3 is 5.97 Å². The molecule has 1 aromatic carbocycles. The maximum Gasteiger partial charge on any atom is 0.337 e. The Kier molecular flexibility index (Phi) is 3.20. The van der Waals surface area contributed by atoms with Crippen LogP contribution >= 0.6 is 0 Å². The van der Waals surface area contributed by atoms with Crippen molar-refractivity contribution in [2.75, 3.05) is 0 Å². The van der Waals surface area contributed by atoms with E-state index in [0.29, 0.717) is 22.9 Å². The highest BCUT2D eigenvalue weighted by atomic mass is 16.4. The van der Waals surface area contributed by atoms with Crippen LogP contribution in [0.3, 0.4) is 0 Å². The van der Waals surface area contributed by atoms with Crippen LogP contribution in [0.15, 0.2) is 18.2 Å². The molecule has 20 heavy (non-hydrogen) atoms. The summed E-state index contributed by atoms with van der Waals surface area (Å²) in [5, 5.41) is 17.8. The minimum absolute atomic E-state index is 0.240. The summed E-state index contributed by atoms with van der Waals surface area (Å²) >= 11 is 0. The summed E-state index contributed by atoms with van der Waals surface area (Å²) in [6.45, 7) is 4.49. The van der Waals surface area contributed by atoms with Crippen LogP contribution < -0.4 is 0 Å². The predicted molar refractivity (Wildman–Crippen MR) is 75.7 cm³/mol. The van der Waals surface area contributed by atoms with Crippen LogP contribution in [0.4, 0.5) is 0 Å². The first-order valence-corrected chi connectivity index (χ1v) is 7.17. The van der Waals surface area contributed by atoms with Gasteiger partial charge < -0.3 is 5.11 Å². The van der Waals surface area contributed by atoms with E-state index in [-0.39, 0.29) is 11.6 Å². The van der Waals surface area contributed by atoms with E-state index in [4.69, 9.17) is 0 Å². The van der Waals surface area contributed by atoms with Crippen LogP contribution in [-0.2, 0) is 0 Å². The number of hydrogen-bond donors (Lipinski definition) is 1. The van der Waals surface area contributed by atoms with E-state index in [9.17, 15) is 9.90 Å². The fourth-order valence-electron chi connectivity index (χ4n) is 3.30. The molecule has 106 valence electrons. The van der Waals surface area contributed by atoms with Crippen LogP contribution in [0.5, 0.6) is 0 Å². The standard InChI is InChI=1S/C15H19N3O2/c1-9-5-3-8-13(10(9)2)18-14-11(15(19)20)6-4-7-12(14)16-17-18/h4,6-7,9-10,13H,3,5,8H2,1-2H3,(H,19,20). The second-order valence-electron chi connectivity index (χ2n) is 5.85. The number of aromatic carboxylic acids is 1. The molecule has 0 aliphatic heterocycles. The molecule has 5 nitrogen and oxygen atoms in total. The summed E-state index contributed by atoms with van der Waals surface area (Å²) in [5.74, 6) is 0.191. The molecule has 3 atom stereocenters. The largest absolute Gasteiger partial charge is 0.478 e. The molecule has 1 aliphatic rings. The van der Waals surface area contributed by atoms with Crippen molar-refractivity contribution in [1.29, 1.82) is 0 Å². The lowest BCUT2D eigenvalue weighted by atomic mass is 9.78. The van der Waals surface area contributed by atoms with Crippen molar-refractivity contribution in [3.05, 3.63) is 23.8 Å². The highest BCUT2D eigenvalue weighted by Crippen LogP contribution is 2.38. The van der Waals surface area contributed by atoms with Gasteiger partial charge in [-0.05, 0) is 30.4 Å². The Morgan fingerprint density at radius 1 is 1.35 bits per heavy atom. The Hall–Kier alpha value is -1.91. The second-order valence-corrected chi connectivity index (χ2v) is 5.85. The quantitative estimate of drug-likeness (QED) is 0.912. The highest BCUT2D eigenvalue weighted by Gasteiger charge is 2.31. The maximum atomic E-state index is 11.4. The number of hydrogen-bond acceptors (Lipinski definition) is 3. The number of aromatic nitrogens is 3. The zero-order chi connectivity index (χ0) is 14.3. The summed E-state index contributed by atoms with van der Waals surface area (Å²) in [7, 11) is 0. The van der Waals surface area contributed by atoms with Crippen molar-refractivity contribution >= 4 is 17.0 Å². The monoisotopic (exact) mass is 273 g/mol. The summed E-state index contributed by atoms with van der Waals surface area (Å²) < 4.78 is 1.85. The van der Waals surface area contributed by atoms with Gasteiger partial charge in [0.1, 0.15) is 11.0 Å². The van der Waals surface area contributed by atoms with Gasteiger partial charge in [-0.3, -0.25) is 0 Å². The predicted octanol–water partition coefficient (Wildman–Crippen LogP) is 3.13. The van der Waals surface area contributed by atoms with E-state index in [1.165, 1.54) is 6.42 Å². The normalized spacial score (nSPS) is 26.8. The van der Waals surface area contributed by atoms with E-state index in [1.54, 1.807) is 12.1 Å². The fourth-order valence-corrected chi connectivity index (χ4v) is 3.30. The van der Waals surface area contributed by atoms with Crippen LogP contribution in [0, 0.1) is 11.8 Å². The zero-order valence-corrected chi connectivity index (χ0v) is 11.8. The van der Waals surface area contributed by atoms with Gasteiger partial charge in [-0.2, -0.15) is 0 Å². The summed E-state index contributed by atoms with van der Waals surface area (Å²) in [6.07, 6.45) is 3.43. The van der Waals surface area contributed by atoms with Crippen molar-refractivity contribution in [3.63, 3.8) is 0 Å². The van der Waals surface area contributed by atoms with Crippen LogP contribution in [-0.4, -0.2) is 26.1 Å². The number of carbonyl (C=O) groups is 1. The molecular formula is C15H19N3O2. The maximum absolute atomic E-state index is 11.4. The van der Waals surface area contributed by atoms with Gasteiger partial charge in [0.25, 0.3) is 0 Å². The summed E-state index contributed by atoms with van der Waals surface area (Å²) in [6, 6.07) is 5.41. The lowest BCUT2D eigenvalue weighted by Gasteiger charge is -2.34. The van der Waals surface area contributed by atoms with Gasteiger partial charge in [0, 0.05) is 0 Å². The highest BCUT2D eigenvalue weighted by molar-refractivity contribution is 6.00. The molecule has 0 radical (unpaired) electrons. The first-order chi connectivity index (χ1) is 9.59. The molecule has 3 rings (SSSR count). The average Bonchev–Trinajstić information content (AvgIpc) is 2.85. The van der Waals surface area contributed by atoms with Gasteiger partial charge in [0.05, 0.1) is 11.6 Å². The van der Waals surface area contributed by atoms with E-state index in [0.717, 1.165) is 12.8 Å². The minimum Gasteiger partial charge on any atom is -0.478 e. The lowest BCUT2D eigenvalue weighted by Crippen LogP contribution is -2.28. The molecule has 1 saturated carbocycles. The van der Waals surface area contributed by atoms with Crippen molar-refractivity contribution in [2.45, 2.75) is 39.2 Å². The first kappa shape index (κ1) is 13.1. The van der Waals surface area contributed by atoms with Crippen molar-refractivity contribution < 1.29 is 9.90 Å². The molecule has 1 fully saturated rings. The third kappa shape index (κ3) is 1.97. The molecular weight excluding hydrogens is 254 g/mol. The molecule has 0 amide bonds. The Morgan fingerprint density at radius 2 is 2.15 bits per heavy atom. The molecule has 0 bridgehead atoms. The third-order valence-electron chi connectivity index (χ3n) is 4.70. The van der Waals surface area contributed by atoms with Crippen molar-refractivity contribution in [3.8, 4) is 0 Å². The summed E-state index contributed by atoms with van der Waals surface area (Å²) in [5.41, 5.74) is 1.61. The SMILES string of the molecule is CC1CCCC(n2nnc3cccc(C(=O)O)c32)C1C. The molecule has 5 heteroatoms. The van der Waals surface area contributed by atoms with E-state index < -0.39 is 5.97 Å². The van der Waals surface area contributed by atoms with E-state index in [2.05, 4.69) is 24.2 Å². The molecule has 1 N–H and O–H groups in total. The Labute approximate surface area is 117 Å². The number of rotatable bonds is 2. The minimum atomic E-state index is -0.921. The molecule has 1 aliphatic carbocycles. The van der Waals surface area contributed by atoms with Crippen LogP contribution in [0.1, 0.15) is 49.5 Å². The van der Waals surface area contributed by atoms with Gasteiger partial charge in [-0.15, -0.1) is 5.10 Å². The number of nitrogens with zero attached hydrogens (tertiary/aromatic N) is 3. The zero-order valence-electron chi connectivity index (χ0n) is 11.8. The average molecular weight is 273 g/mol. The Morgan fingerprint density at radius 3 is 2.90 bits per heavy atom. The van der Waals surface area contributed by atoms with E-state index in [1.807, 2.05) is 10.7 Å². The Bertz CT molecular complexity index is 650. The third-order valence-corrected chi connectivity index (χ3v) is 4.70. The summed E-state index contributed by atoms with van der Waals surface area (Å²) in [4.78, 5) is 11.4. The topological polar surface area (TPSA) is 68.0 Å². The van der Waals surface area contributed by atoms with Crippen molar-refractivity contribution in [2.24, 2.45) is 11.8 Å². The number of benzene rings is 1.